The highest BCUT2D eigenvalue weighted by molar-refractivity contribution is 6.08. The lowest BCUT2D eigenvalue weighted by Crippen LogP contribution is -2.41. The molecule has 0 bridgehead atoms. The van der Waals surface area contributed by atoms with Crippen molar-refractivity contribution in [2.75, 3.05) is 13.6 Å². The summed E-state index contributed by atoms with van der Waals surface area (Å²) in [5.41, 5.74) is 5.28. The van der Waals surface area contributed by atoms with E-state index in [2.05, 4.69) is 4.99 Å². The highest BCUT2D eigenvalue weighted by atomic mass is 16.2. The zero-order chi connectivity index (χ0) is 9.14. The number of hydrogen-bond acceptors (Lipinski definition) is 3. The molecule has 0 saturated heterocycles. The van der Waals surface area contributed by atoms with E-state index in [4.69, 9.17) is 5.73 Å². The van der Waals surface area contributed by atoms with Gasteiger partial charge < -0.3 is 5.73 Å². The van der Waals surface area contributed by atoms with E-state index in [0.29, 0.717) is 13.0 Å². The Morgan fingerprint density at radius 3 is 2.92 bits per heavy atom. The van der Waals surface area contributed by atoms with Crippen LogP contribution in [0.2, 0.25) is 0 Å². The summed E-state index contributed by atoms with van der Waals surface area (Å²) in [6, 6.07) is -0.506. The number of nitrogens with two attached hydrogens (primary N) is 1. The van der Waals surface area contributed by atoms with Crippen molar-refractivity contribution in [3.8, 4) is 0 Å². The van der Waals surface area contributed by atoms with E-state index in [1.165, 1.54) is 13.3 Å². The molecule has 2 N–H and O–H groups in total. The quantitative estimate of drug-likeness (QED) is 0.611. The summed E-state index contributed by atoms with van der Waals surface area (Å²) in [6.45, 7) is 0.421. The van der Waals surface area contributed by atoms with Crippen LogP contribution in [0.3, 0.4) is 0 Å². The molecule has 1 rings (SSSR count). The fourth-order valence-electron chi connectivity index (χ4n) is 1.02. The predicted molar refractivity (Wildman–Crippen MR) is 43.8 cm³/mol. The molecule has 1 aliphatic heterocycles. The summed E-state index contributed by atoms with van der Waals surface area (Å²) in [4.78, 5) is 26.7. The first-order valence-corrected chi connectivity index (χ1v) is 3.72. The van der Waals surface area contributed by atoms with E-state index in [0.717, 1.165) is 4.90 Å². The van der Waals surface area contributed by atoms with Crippen LogP contribution in [-0.2, 0) is 4.79 Å². The lowest BCUT2D eigenvalue weighted by molar-refractivity contribution is -0.129. The normalized spacial score (nSPS) is 23.5. The van der Waals surface area contributed by atoms with Gasteiger partial charge in [0.2, 0.25) is 5.91 Å². The van der Waals surface area contributed by atoms with E-state index < -0.39 is 6.03 Å². The van der Waals surface area contributed by atoms with Gasteiger partial charge in [-0.25, -0.2) is 9.79 Å². The van der Waals surface area contributed by atoms with Crippen LogP contribution in [0.4, 0.5) is 4.79 Å². The first-order chi connectivity index (χ1) is 5.66. The second-order valence-electron chi connectivity index (χ2n) is 2.64. The van der Waals surface area contributed by atoms with Crippen LogP contribution in [0.5, 0.6) is 0 Å². The van der Waals surface area contributed by atoms with Crippen molar-refractivity contribution in [1.82, 2.24) is 4.90 Å². The summed E-state index contributed by atoms with van der Waals surface area (Å²) in [6.07, 6.45) is 1.91. The maximum atomic E-state index is 11.3. The van der Waals surface area contributed by atoms with Gasteiger partial charge in [0.25, 0.3) is 0 Å². The number of hydrogen-bond donors (Lipinski definition) is 1. The number of rotatable bonds is 2. The topological polar surface area (TPSA) is 75.8 Å². The average Bonchev–Trinajstić information content (AvgIpc) is 2.07. The number of imide groups is 1. The van der Waals surface area contributed by atoms with Gasteiger partial charge in [-0.1, -0.05) is 0 Å². The van der Waals surface area contributed by atoms with Crippen LogP contribution in [0, 0.1) is 5.92 Å². The van der Waals surface area contributed by atoms with Crippen molar-refractivity contribution in [3.05, 3.63) is 0 Å². The Kier molecular flexibility index (Phi) is 2.54. The lowest BCUT2D eigenvalue weighted by atomic mass is 10.0. The van der Waals surface area contributed by atoms with Crippen molar-refractivity contribution in [3.63, 3.8) is 0 Å². The average molecular weight is 169 g/mol. The maximum Gasteiger partial charge on any atom is 0.349 e. The maximum absolute atomic E-state index is 11.3. The molecule has 0 spiro atoms. The molecule has 3 amide bonds. The molecular formula is C7H11N3O2. The summed E-state index contributed by atoms with van der Waals surface area (Å²) in [5, 5.41) is 0. The van der Waals surface area contributed by atoms with Gasteiger partial charge in [-0.3, -0.25) is 9.69 Å². The van der Waals surface area contributed by atoms with Crippen molar-refractivity contribution in [1.29, 1.82) is 0 Å². The monoisotopic (exact) mass is 169 g/mol. The molecule has 0 aliphatic carbocycles. The minimum Gasteiger partial charge on any atom is -0.330 e. The van der Waals surface area contributed by atoms with E-state index in [9.17, 15) is 9.59 Å². The number of amides is 3. The number of carbonyl (C=O) groups excluding carboxylic acids is 2. The molecule has 0 saturated carbocycles. The van der Waals surface area contributed by atoms with Crippen LogP contribution >= 0.6 is 0 Å². The molecule has 1 aliphatic rings. The molecule has 0 fully saturated rings. The number of aliphatic imine (C=N–C) groups is 1. The molecule has 5 nitrogen and oxygen atoms in total. The van der Waals surface area contributed by atoms with Gasteiger partial charge in [-0.2, -0.15) is 0 Å². The van der Waals surface area contributed by atoms with Gasteiger partial charge >= 0.3 is 6.03 Å². The number of nitrogens with zero attached hydrogens (tertiary/aromatic N) is 2. The Hall–Kier alpha value is -1.23. The summed E-state index contributed by atoms with van der Waals surface area (Å²) in [5.74, 6) is -0.543. The van der Waals surface area contributed by atoms with E-state index in [1.54, 1.807) is 0 Å². The molecule has 1 heterocycles. The predicted octanol–water partition coefficient (Wildman–Crippen LogP) is -0.386. The Balaban J connectivity index is 2.74. The number of carbonyl (C=O) groups is 2. The third-order valence-electron chi connectivity index (χ3n) is 1.78. The van der Waals surface area contributed by atoms with E-state index >= 15 is 0 Å². The second kappa shape index (κ2) is 3.44. The van der Waals surface area contributed by atoms with Crippen LogP contribution < -0.4 is 5.73 Å². The van der Waals surface area contributed by atoms with Crippen LogP contribution in [-0.4, -0.2) is 36.6 Å². The van der Waals surface area contributed by atoms with Crippen molar-refractivity contribution >= 4 is 18.2 Å². The standard InChI is InChI=1S/C7H11N3O2/c1-10-6(11)5(2-3-8)4-9-7(10)12/h4-5H,2-3,8H2,1H3. The fraction of sp³-hybridized carbons (Fsp3) is 0.571. The first kappa shape index (κ1) is 8.86. The largest absolute Gasteiger partial charge is 0.349 e. The Labute approximate surface area is 70.2 Å². The van der Waals surface area contributed by atoms with Gasteiger partial charge in [0.1, 0.15) is 0 Å². The highest BCUT2D eigenvalue weighted by Gasteiger charge is 2.27. The lowest BCUT2D eigenvalue weighted by Gasteiger charge is -2.21. The van der Waals surface area contributed by atoms with Crippen molar-refractivity contribution < 1.29 is 9.59 Å². The molecule has 12 heavy (non-hydrogen) atoms. The van der Waals surface area contributed by atoms with Crippen LogP contribution in [0.15, 0.2) is 4.99 Å². The Morgan fingerprint density at radius 1 is 1.67 bits per heavy atom. The highest BCUT2D eigenvalue weighted by Crippen LogP contribution is 2.09. The summed E-state index contributed by atoms with van der Waals surface area (Å²) >= 11 is 0. The zero-order valence-electron chi connectivity index (χ0n) is 6.86. The molecular weight excluding hydrogens is 158 g/mol. The van der Waals surface area contributed by atoms with Gasteiger partial charge in [0.15, 0.2) is 0 Å². The molecule has 0 aromatic heterocycles. The fourth-order valence-corrected chi connectivity index (χ4v) is 1.02. The number of urea groups is 1. The van der Waals surface area contributed by atoms with Crippen molar-refractivity contribution in [2.45, 2.75) is 6.42 Å². The third kappa shape index (κ3) is 1.50. The van der Waals surface area contributed by atoms with E-state index in [1.807, 2.05) is 0 Å². The van der Waals surface area contributed by atoms with Gasteiger partial charge in [-0.15, -0.1) is 0 Å². The third-order valence-corrected chi connectivity index (χ3v) is 1.78. The SMILES string of the molecule is CN1C(=O)N=CC(CCN)C1=O. The van der Waals surface area contributed by atoms with Crippen LogP contribution in [0.1, 0.15) is 6.42 Å². The summed E-state index contributed by atoms with van der Waals surface area (Å²) in [7, 11) is 1.42. The Morgan fingerprint density at radius 2 is 2.33 bits per heavy atom. The molecule has 66 valence electrons. The smallest absolute Gasteiger partial charge is 0.330 e. The molecule has 0 aromatic rings. The minimum atomic E-state index is -0.506. The molecule has 1 unspecified atom stereocenters. The molecule has 1 atom stereocenters. The molecule has 5 heteroatoms. The second-order valence-corrected chi connectivity index (χ2v) is 2.64. The summed E-state index contributed by atoms with van der Waals surface area (Å²) < 4.78 is 0. The van der Waals surface area contributed by atoms with Crippen LogP contribution in [0.25, 0.3) is 0 Å². The minimum absolute atomic E-state index is 0.222. The van der Waals surface area contributed by atoms with Gasteiger partial charge in [0, 0.05) is 13.3 Å². The Bertz CT molecular complexity index is 237. The van der Waals surface area contributed by atoms with Gasteiger partial charge in [0.05, 0.1) is 5.92 Å². The first-order valence-electron chi connectivity index (χ1n) is 3.72. The van der Waals surface area contributed by atoms with Crippen molar-refractivity contribution in [2.24, 2.45) is 16.6 Å². The molecule has 0 radical (unpaired) electrons. The molecule has 0 aromatic carbocycles. The zero-order valence-corrected chi connectivity index (χ0v) is 6.86. The van der Waals surface area contributed by atoms with E-state index in [-0.39, 0.29) is 11.8 Å². The van der Waals surface area contributed by atoms with Gasteiger partial charge in [-0.05, 0) is 13.0 Å².